The molecule has 0 bridgehead atoms. The van der Waals surface area contributed by atoms with Crippen LogP contribution in [0.5, 0.6) is 5.75 Å². The van der Waals surface area contributed by atoms with Gasteiger partial charge in [-0.05, 0) is 28.8 Å². The number of aliphatic hydroxyl groups is 1. The van der Waals surface area contributed by atoms with Gasteiger partial charge in [0.1, 0.15) is 6.61 Å². The number of azide groups is 1. The second kappa shape index (κ2) is 7.28. The molecule has 0 spiro atoms. The maximum Gasteiger partial charge on any atom is 0.165 e. The van der Waals surface area contributed by atoms with Gasteiger partial charge in [-0.3, -0.25) is 0 Å². The quantitative estimate of drug-likeness (QED) is 0.499. The number of nitrogens with zero attached hydrogens (tertiary/aromatic N) is 3. The Kier molecular flexibility index (Phi) is 5.15. The third kappa shape index (κ3) is 4.21. The Morgan fingerprint density at radius 3 is 2.67 bits per heavy atom. The summed E-state index contributed by atoms with van der Waals surface area (Å²) in [5.41, 5.74) is 9.47. The first-order chi connectivity index (χ1) is 10.2. The predicted octanol–water partition coefficient (Wildman–Crippen LogP) is 3.75. The van der Waals surface area contributed by atoms with Crippen LogP contribution in [0.15, 0.2) is 53.6 Å². The van der Waals surface area contributed by atoms with Crippen molar-refractivity contribution in [2.75, 3.05) is 6.54 Å². The Morgan fingerprint density at radius 2 is 2.00 bits per heavy atom. The molecule has 0 fully saturated rings. The second-order valence-corrected chi connectivity index (χ2v) is 4.39. The van der Waals surface area contributed by atoms with Crippen LogP contribution in [-0.2, 0) is 6.61 Å². The Balaban J connectivity index is 2.03. The molecule has 0 saturated carbocycles. The molecule has 21 heavy (non-hydrogen) atoms. The molecule has 0 saturated heterocycles. The summed E-state index contributed by atoms with van der Waals surface area (Å²) in [6, 6.07) is 13.6. The maximum absolute atomic E-state index is 13.9. The van der Waals surface area contributed by atoms with Gasteiger partial charge in [-0.1, -0.05) is 41.5 Å². The van der Waals surface area contributed by atoms with Crippen molar-refractivity contribution in [3.8, 4) is 5.75 Å². The first-order valence-electron chi connectivity index (χ1n) is 6.36. The lowest BCUT2D eigenvalue weighted by atomic mass is 10.1. The normalized spacial score (nSPS) is 11.5. The van der Waals surface area contributed by atoms with E-state index >= 15 is 0 Å². The Hall–Kier alpha value is -2.56. The molecule has 0 unspecified atom stereocenters. The highest BCUT2D eigenvalue weighted by Gasteiger charge is 2.11. The fourth-order valence-electron chi connectivity index (χ4n) is 1.80. The lowest BCUT2D eigenvalue weighted by Crippen LogP contribution is -2.03. The molecule has 6 heteroatoms. The number of benzene rings is 2. The van der Waals surface area contributed by atoms with Crippen LogP contribution in [-0.4, -0.2) is 11.7 Å². The van der Waals surface area contributed by atoms with E-state index in [1.165, 1.54) is 12.1 Å². The van der Waals surface area contributed by atoms with E-state index in [-0.39, 0.29) is 18.9 Å². The van der Waals surface area contributed by atoms with Crippen LogP contribution in [0, 0.1) is 5.82 Å². The van der Waals surface area contributed by atoms with Crippen molar-refractivity contribution in [2.24, 2.45) is 5.11 Å². The SMILES string of the molecule is [N-]=[N+]=NC[C@H](O)c1ccc(OCc2ccccc2)c(F)c1. The molecule has 2 aromatic rings. The molecule has 0 aliphatic heterocycles. The van der Waals surface area contributed by atoms with Crippen LogP contribution in [0.1, 0.15) is 17.2 Å². The lowest BCUT2D eigenvalue weighted by molar-refractivity contribution is 0.186. The summed E-state index contributed by atoms with van der Waals surface area (Å²) >= 11 is 0. The van der Waals surface area contributed by atoms with Crippen LogP contribution >= 0.6 is 0 Å². The van der Waals surface area contributed by atoms with Crippen molar-refractivity contribution in [1.29, 1.82) is 0 Å². The smallest absolute Gasteiger partial charge is 0.165 e. The standard InChI is InChI=1S/C15H14FN3O2/c16-13-8-12(14(20)9-18-19-17)6-7-15(13)21-10-11-4-2-1-3-5-11/h1-8,14,20H,9-10H2/t14-/m0/s1. The zero-order valence-corrected chi connectivity index (χ0v) is 11.2. The summed E-state index contributed by atoms with van der Waals surface area (Å²) in [6.07, 6.45) is -1.03. The monoisotopic (exact) mass is 287 g/mol. The van der Waals surface area contributed by atoms with Gasteiger partial charge in [-0.25, -0.2) is 4.39 Å². The van der Waals surface area contributed by atoms with Crippen molar-refractivity contribution in [3.63, 3.8) is 0 Å². The summed E-state index contributed by atoms with van der Waals surface area (Å²) in [5, 5.41) is 13.0. The zero-order chi connectivity index (χ0) is 15.1. The van der Waals surface area contributed by atoms with E-state index in [0.29, 0.717) is 5.56 Å². The van der Waals surface area contributed by atoms with Crippen LogP contribution in [0.25, 0.3) is 10.4 Å². The molecule has 0 radical (unpaired) electrons. The van der Waals surface area contributed by atoms with E-state index in [2.05, 4.69) is 10.0 Å². The summed E-state index contributed by atoms with van der Waals surface area (Å²) in [6.45, 7) is 0.124. The number of ether oxygens (including phenoxy) is 1. The minimum absolute atomic E-state index is 0.110. The van der Waals surface area contributed by atoms with Gasteiger partial charge in [0.15, 0.2) is 11.6 Å². The molecule has 108 valence electrons. The van der Waals surface area contributed by atoms with E-state index in [1.54, 1.807) is 6.07 Å². The maximum atomic E-state index is 13.9. The third-order valence-corrected chi connectivity index (χ3v) is 2.90. The molecule has 0 amide bonds. The highest BCUT2D eigenvalue weighted by Crippen LogP contribution is 2.23. The largest absolute Gasteiger partial charge is 0.486 e. The molecule has 0 aliphatic carbocycles. The Bertz CT molecular complexity index is 643. The Labute approximate surface area is 121 Å². The minimum Gasteiger partial charge on any atom is -0.486 e. The van der Waals surface area contributed by atoms with Crippen molar-refractivity contribution >= 4 is 0 Å². The average Bonchev–Trinajstić information content (AvgIpc) is 2.52. The fraction of sp³-hybridized carbons (Fsp3) is 0.200. The lowest BCUT2D eigenvalue weighted by Gasteiger charge is -2.11. The third-order valence-electron chi connectivity index (χ3n) is 2.90. The summed E-state index contributed by atoms with van der Waals surface area (Å²) in [7, 11) is 0. The number of hydrogen-bond donors (Lipinski definition) is 1. The van der Waals surface area contributed by atoms with Crippen LogP contribution in [0.2, 0.25) is 0 Å². The minimum atomic E-state index is -1.03. The van der Waals surface area contributed by atoms with Crippen molar-refractivity contribution in [1.82, 2.24) is 0 Å². The molecule has 0 aliphatic rings. The molecule has 2 aromatic carbocycles. The highest BCUT2D eigenvalue weighted by molar-refractivity contribution is 5.31. The van der Waals surface area contributed by atoms with E-state index in [4.69, 9.17) is 10.3 Å². The predicted molar refractivity (Wildman–Crippen MR) is 76.1 cm³/mol. The number of aliphatic hydroxyl groups excluding tert-OH is 1. The molecular weight excluding hydrogens is 273 g/mol. The topological polar surface area (TPSA) is 78.2 Å². The zero-order valence-electron chi connectivity index (χ0n) is 11.2. The van der Waals surface area contributed by atoms with Gasteiger partial charge < -0.3 is 9.84 Å². The Morgan fingerprint density at radius 1 is 1.24 bits per heavy atom. The van der Waals surface area contributed by atoms with Gasteiger partial charge in [0.2, 0.25) is 0 Å². The molecule has 0 heterocycles. The first kappa shape index (κ1) is 14.8. The van der Waals surface area contributed by atoms with Gasteiger partial charge in [-0.15, -0.1) is 0 Å². The first-order valence-corrected chi connectivity index (χ1v) is 6.36. The van der Waals surface area contributed by atoms with Crippen LogP contribution in [0.3, 0.4) is 0 Å². The van der Waals surface area contributed by atoms with Gasteiger partial charge >= 0.3 is 0 Å². The van der Waals surface area contributed by atoms with E-state index in [1.807, 2.05) is 30.3 Å². The van der Waals surface area contributed by atoms with Gasteiger partial charge in [0, 0.05) is 4.91 Å². The van der Waals surface area contributed by atoms with Crippen molar-refractivity contribution in [3.05, 3.63) is 75.9 Å². The molecule has 1 atom stereocenters. The van der Waals surface area contributed by atoms with Crippen LogP contribution < -0.4 is 4.74 Å². The van der Waals surface area contributed by atoms with Crippen LogP contribution in [0.4, 0.5) is 4.39 Å². The van der Waals surface area contributed by atoms with E-state index < -0.39 is 11.9 Å². The van der Waals surface area contributed by atoms with Crippen molar-refractivity contribution in [2.45, 2.75) is 12.7 Å². The van der Waals surface area contributed by atoms with Gasteiger partial charge in [-0.2, -0.15) is 0 Å². The molecular formula is C15H14FN3O2. The molecule has 0 aromatic heterocycles. The van der Waals surface area contributed by atoms with Gasteiger partial charge in [0.25, 0.3) is 0 Å². The fourth-order valence-corrected chi connectivity index (χ4v) is 1.80. The van der Waals surface area contributed by atoms with E-state index in [0.717, 1.165) is 5.56 Å². The molecule has 5 nitrogen and oxygen atoms in total. The number of hydrogen-bond acceptors (Lipinski definition) is 3. The summed E-state index contributed by atoms with van der Waals surface area (Å²) < 4.78 is 19.3. The number of rotatable bonds is 6. The second-order valence-electron chi connectivity index (χ2n) is 4.39. The molecule has 1 N–H and O–H groups in total. The summed E-state index contributed by atoms with van der Waals surface area (Å²) in [5.74, 6) is -0.456. The van der Waals surface area contributed by atoms with Gasteiger partial charge in [0.05, 0.1) is 12.6 Å². The van der Waals surface area contributed by atoms with E-state index in [9.17, 15) is 9.50 Å². The highest BCUT2D eigenvalue weighted by atomic mass is 19.1. The summed E-state index contributed by atoms with van der Waals surface area (Å²) in [4.78, 5) is 2.55. The van der Waals surface area contributed by atoms with Crippen molar-refractivity contribution < 1.29 is 14.2 Å². The number of halogens is 1. The molecule has 2 rings (SSSR count). The average molecular weight is 287 g/mol.